The molecule has 5 nitrogen and oxygen atoms in total. The van der Waals surface area contributed by atoms with Crippen molar-refractivity contribution in [2.45, 2.75) is 33.9 Å². The van der Waals surface area contributed by atoms with Crippen LogP contribution >= 0.6 is 11.3 Å². The maximum absolute atomic E-state index is 11.7. The van der Waals surface area contributed by atoms with Gasteiger partial charge < -0.3 is 4.74 Å². The second kappa shape index (κ2) is 5.30. The van der Waals surface area contributed by atoms with Crippen molar-refractivity contribution in [1.29, 1.82) is 0 Å². The monoisotopic (exact) mass is 265 g/mol. The summed E-state index contributed by atoms with van der Waals surface area (Å²) in [5.41, 5.74) is 1.46. The van der Waals surface area contributed by atoms with Gasteiger partial charge in [0.15, 0.2) is 0 Å². The summed E-state index contributed by atoms with van der Waals surface area (Å²) in [5.74, 6) is -0.361. The molecule has 0 saturated carbocycles. The third kappa shape index (κ3) is 2.76. The molecule has 0 aliphatic carbocycles. The van der Waals surface area contributed by atoms with Crippen molar-refractivity contribution in [2.24, 2.45) is 0 Å². The molecule has 0 fully saturated rings. The van der Waals surface area contributed by atoms with Gasteiger partial charge in [-0.3, -0.25) is 4.68 Å². The Balaban J connectivity index is 1.95. The van der Waals surface area contributed by atoms with E-state index in [0.29, 0.717) is 5.56 Å². The van der Waals surface area contributed by atoms with Crippen LogP contribution in [0.15, 0.2) is 12.4 Å². The molecule has 0 N–H and O–H groups in total. The van der Waals surface area contributed by atoms with Crippen LogP contribution in [0.4, 0.5) is 0 Å². The second-order valence-electron chi connectivity index (χ2n) is 3.91. The standard InChI is InChI=1S/C12H15N3O2S/c1-4-15-6-10(5-13-15)12(16)17-7-11-14-8(2)9(3)18-11/h5-6H,4,7H2,1-3H3. The number of carbonyl (C=O) groups excluding carboxylic acids is 1. The molecular weight excluding hydrogens is 250 g/mol. The SMILES string of the molecule is CCn1cc(C(=O)OCc2nc(C)c(C)s2)cn1. The number of esters is 1. The highest BCUT2D eigenvalue weighted by Gasteiger charge is 2.11. The van der Waals surface area contributed by atoms with Crippen LogP contribution in [-0.2, 0) is 17.9 Å². The molecular formula is C12H15N3O2S. The number of thiazole rings is 1. The van der Waals surface area contributed by atoms with Gasteiger partial charge in [0.2, 0.25) is 0 Å². The molecule has 0 spiro atoms. The van der Waals surface area contributed by atoms with Crippen molar-refractivity contribution in [1.82, 2.24) is 14.8 Å². The summed E-state index contributed by atoms with van der Waals surface area (Å²) in [4.78, 5) is 17.2. The first kappa shape index (κ1) is 12.8. The molecule has 0 atom stereocenters. The van der Waals surface area contributed by atoms with Crippen molar-refractivity contribution < 1.29 is 9.53 Å². The highest BCUT2D eigenvalue weighted by Crippen LogP contribution is 2.17. The molecule has 2 aromatic rings. The summed E-state index contributed by atoms with van der Waals surface area (Å²) >= 11 is 1.55. The molecule has 0 unspecified atom stereocenters. The third-order valence-corrected chi connectivity index (χ3v) is 3.64. The first-order valence-corrected chi connectivity index (χ1v) is 6.54. The topological polar surface area (TPSA) is 57.0 Å². The lowest BCUT2D eigenvalue weighted by atomic mass is 10.4. The predicted octanol–water partition coefficient (Wildman–Crippen LogP) is 2.33. The number of aromatic nitrogens is 3. The molecule has 0 amide bonds. The minimum atomic E-state index is -0.361. The van der Waals surface area contributed by atoms with Gasteiger partial charge in [0.05, 0.1) is 17.5 Å². The third-order valence-electron chi connectivity index (χ3n) is 2.59. The predicted molar refractivity (Wildman–Crippen MR) is 68.6 cm³/mol. The van der Waals surface area contributed by atoms with Crippen molar-refractivity contribution >= 4 is 17.3 Å². The van der Waals surface area contributed by atoms with Crippen molar-refractivity contribution in [2.75, 3.05) is 0 Å². The smallest absolute Gasteiger partial charge is 0.341 e. The molecule has 18 heavy (non-hydrogen) atoms. The zero-order valence-corrected chi connectivity index (χ0v) is 11.5. The van der Waals surface area contributed by atoms with Crippen molar-refractivity contribution in [3.63, 3.8) is 0 Å². The Kier molecular flexibility index (Phi) is 3.76. The van der Waals surface area contributed by atoms with E-state index in [1.165, 1.54) is 6.20 Å². The van der Waals surface area contributed by atoms with E-state index in [1.807, 2.05) is 20.8 Å². The molecule has 0 aromatic carbocycles. The van der Waals surface area contributed by atoms with Gasteiger partial charge in [0.1, 0.15) is 11.6 Å². The summed E-state index contributed by atoms with van der Waals surface area (Å²) in [7, 11) is 0. The van der Waals surface area contributed by atoms with E-state index in [4.69, 9.17) is 4.74 Å². The minimum absolute atomic E-state index is 0.218. The zero-order valence-electron chi connectivity index (χ0n) is 10.6. The molecule has 2 aromatic heterocycles. The van der Waals surface area contributed by atoms with Crippen molar-refractivity contribution in [3.05, 3.63) is 33.5 Å². The van der Waals surface area contributed by atoms with Gasteiger partial charge in [-0.05, 0) is 20.8 Å². The fourth-order valence-corrected chi connectivity index (χ4v) is 2.30. The molecule has 0 radical (unpaired) electrons. The Morgan fingerprint density at radius 3 is 2.83 bits per heavy atom. The molecule has 6 heteroatoms. The lowest BCUT2D eigenvalue weighted by molar-refractivity contribution is 0.0472. The molecule has 0 aliphatic heterocycles. The highest BCUT2D eigenvalue weighted by molar-refractivity contribution is 7.11. The summed E-state index contributed by atoms with van der Waals surface area (Å²) in [5, 5.41) is 4.85. The maximum atomic E-state index is 11.7. The largest absolute Gasteiger partial charge is 0.455 e. The van der Waals surface area contributed by atoms with E-state index in [0.717, 1.165) is 22.1 Å². The second-order valence-corrected chi connectivity index (χ2v) is 5.20. The van der Waals surface area contributed by atoms with Gasteiger partial charge in [-0.25, -0.2) is 9.78 Å². The van der Waals surface area contributed by atoms with Crippen LogP contribution in [-0.4, -0.2) is 20.7 Å². The molecule has 2 rings (SSSR count). The van der Waals surface area contributed by atoms with Crippen LogP contribution in [0.1, 0.15) is 32.9 Å². The average molecular weight is 265 g/mol. The Morgan fingerprint density at radius 2 is 2.28 bits per heavy atom. The van der Waals surface area contributed by atoms with Crippen LogP contribution < -0.4 is 0 Å². The maximum Gasteiger partial charge on any atom is 0.341 e. The fourth-order valence-electron chi connectivity index (χ4n) is 1.45. The zero-order chi connectivity index (χ0) is 13.1. The number of carbonyl (C=O) groups is 1. The number of hydrogen-bond acceptors (Lipinski definition) is 5. The Hall–Kier alpha value is -1.69. The van der Waals surface area contributed by atoms with Crippen LogP contribution in [0.3, 0.4) is 0 Å². The van der Waals surface area contributed by atoms with Crippen LogP contribution in [0, 0.1) is 13.8 Å². The summed E-state index contributed by atoms with van der Waals surface area (Å²) in [6.07, 6.45) is 3.20. The van der Waals surface area contributed by atoms with Gasteiger partial charge >= 0.3 is 5.97 Å². The van der Waals surface area contributed by atoms with E-state index in [-0.39, 0.29) is 12.6 Å². The average Bonchev–Trinajstić information content (AvgIpc) is 2.94. The first-order chi connectivity index (χ1) is 8.60. The van der Waals surface area contributed by atoms with Gasteiger partial charge in [-0.2, -0.15) is 5.10 Å². The van der Waals surface area contributed by atoms with Gasteiger partial charge in [0.25, 0.3) is 0 Å². The van der Waals surface area contributed by atoms with Crippen LogP contribution in [0.25, 0.3) is 0 Å². The van der Waals surface area contributed by atoms with Gasteiger partial charge in [0, 0.05) is 17.6 Å². The first-order valence-electron chi connectivity index (χ1n) is 5.72. The van der Waals surface area contributed by atoms with E-state index < -0.39 is 0 Å². The Labute approximate surface area is 109 Å². The lowest BCUT2D eigenvalue weighted by Gasteiger charge is -1.99. The molecule has 0 aliphatic rings. The van der Waals surface area contributed by atoms with E-state index >= 15 is 0 Å². The van der Waals surface area contributed by atoms with Crippen molar-refractivity contribution in [3.8, 4) is 0 Å². The minimum Gasteiger partial charge on any atom is -0.455 e. The Morgan fingerprint density at radius 1 is 1.50 bits per heavy atom. The van der Waals surface area contributed by atoms with Gasteiger partial charge in [-0.15, -0.1) is 11.3 Å². The lowest BCUT2D eigenvalue weighted by Crippen LogP contribution is -2.04. The number of nitrogens with zero attached hydrogens (tertiary/aromatic N) is 3. The summed E-state index contributed by atoms with van der Waals surface area (Å²) in [6.45, 7) is 6.86. The molecule has 0 saturated heterocycles. The van der Waals surface area contributed by atoms with Gasteiger partial charge in [-0.1, -0.05) is 0 Å². The number of rotatable bonds is 4. The number of aryl methyl sites for hydroxylation is 3. The summed E-state index contributed by atoms with van der Waals surface area (Å²) in [6, 6.07) is 0. The molecule has 96 valence electrons. The summed E-state index contributed by atoms with van der Waals surface area (Å²) < 4.78 is 6.88. The molecule has 0 bridgehead atoms. The van der Waals surface area contributed by atoms with Crippen LogP contribution in [0.2, 0.25) is 0 Å². The number of hydrogen-bond donors (Lipinski definition) is 0. The van der Waals surface area contributed by atoms with E-state index in [9.17, 15) is 4.79 Å². The molecule has 2 heterocycles. The Bertz CT molecular complexity index is 540. The fraction of sp³-hybridized carbons (Fsp3) is 0.417. The van der Waals surface area contributed by atoms with Crippen LogP contribution in [0.5, 0.6) is 0 Å². The normalized spacial score (nSPS) is 10.6. The highest BCUT2D eigenvalue weighted by atomic mass is 32.1. The van der Waals surface area contributed by atoms with E-state index in [2.05, 4.69) is 10.1 Å². The van der Waals surface area contributed by atoms with E-state index in [1.54, 1.807) is 22.2 Å². The number of ether oxygens (including phenoxy) is 1. The quantitative estimate of drug-likeness (QED) is 0.796.